The van der Waals surface area contributed by atoms with Crippen LogP contribution in [0, 0.1) is 13.8 Å². The highest BCUT2D eigenvalue weighted by atomic mass is 16.6. The molecule has 0 bridgehead atoms. The monoisotopic (exact) mass is 528 g/mol. The Morgan fingerprint density at radius 1 is 1.08 bits per heavy atom. The highest BCUT2D eigenvalue weighted by Gasteiger charge is 2.40. The molecule has 0 unspecified atom stereocenters. The second kappa shape index (κ2) is 11.0. The molecule has 2 atom stereocenters. The second-order valence-corrected chi connectivity index (χ2v) is 10.6. The topological polar surface area (TPSA) is 98.0 Å². The summed E-state index contributed by atoms with van der Waals surface area (Å²) in [5.74, 6) is 1.26. The molecule has 204 valence electrons. The van der Waals surface area contributed by atoms with Crippen LogP contribution in [0.3, 0.4) is 0 Å². The first-order valence-corrected chi connectivity index (χ1v) is 13.5. The van der Waals surface area contributed by atoms with Crippen molar-refractivity contribution in [3.05, 3.63) is 76.5 Å². The molecule has 2 fully saturated rings. The molecular weight excluding hydrogens is 492 g/mol. The molecule has 39 heavy (non-hydrogen) atoms. The van der Waals surface area contributed by atoms with Crippen molar-refractivity contribution in [1.82, 2.24) is 9.88 Å². The summed E-state index contributed by atoms with van der Waals surface area (Å²) in [6, 6.07) is 16.1. The smallest absolute Gasteiger partial charge is 0.411 e. The molecule has 3 heterocycles. The van der Waals surface area contributed by atoms with Gasteiger partial charge in [-0.05, 0) is 69.0 Å². The van der Waals surface area contributed by atoms with E-state index in [2.05, 4.69) is 43.0 Å². The Kier molecular flexibility index (Phi) is 7.46. The van der Waals surface area contributed by atoms with Crippen LogP contribution in [0.25, 0.3) is 11.1 Å². The number of hydrogen-bond acceptors (Lipinski definition) is 6. The molecule has 2 aliphatic rings. The number of methoxy groups -OCH3 is 1. The van der Waals surface area contributed by atoms with Gasteiger partial charge in [-0.15, -0.1) is 0 Å². The van der Waals surface area contributed by atoms with Gasteiger partial charge in [-0.25, -0.2) is 9.78 Å². The molecule has 8 nitrogen and oxygen atoms in total. The maximum Gasteiger partial charge on any atom is 0.411 e. The maximum absolute atomic E-state index is 13.2. The zero-order valence-electron chi connectivity index (χ0n) is 23.1. The summed E-state index contributed by atoms with van der Waals surface area (Å²) in [6.07, 6.45) is 1.23. The average Bonchev–Trinajstić information content (AvgIpc) is 3.14. The molecule has 8 heteroatoms. The van der Waals surface area contributed by atoms with Crippen molar-refractivity contribution in [2.75, 3.05) is 25.1 Å². The van der Waals surface area contributed by atoms with E-state index in [9.17, 15) is 9.59 Å². The molecule has 0 aliphatic carbocycles. The Morgan fingerprint density at radius 2 is 1.82 bits per heavy atom. The van der Waals surface area contributed by atoms with Crippen molar-refractivity contribution in [3.8, 4) is 16.9 Å². The van der Waals surface area contributed by atoms with Gasteiger partial charge in [0, 0.05) is 30.6 Å². The van der Waals surface area contributed by atoms with Gasteiger partial charge in [-0.2, -0.15) is 0 Å². The molecule has 2 saturated heterocycles. The van der Waals surface area contributed by atoms with Gasteiger partial charge in [-0.3, -0.25) is 9.69 Å². The van der Waals surface area contributed by atoms with E-state index in [-0.39, 0.29) is 30.6 Å². The first-order valence-electron chi connectivity index (χ1n) is 13.5. The lowest BCUT2D eigenvalue weighted by Crippen LogP contribution is -2.38. The summed E-state index contributed by atoms with van der Waals surface area (Å²) in [5, 5.41) is 0. The Bertz CT molecular complexity index is 1380. The number of cyclic esters (lactones) is 1. The fourth-order valence-corrected chi connectivity index (χ4v) is 5.46. The first kappa shape index (κ1) is 26.5. The molecule has 0 saturated carbocycles. The minimum absolute atomic E-state index is 0.176. The number of carbonyl (C=O) groups is 2. The number of pyridine rings is 1. The summed E-state index contributed by atoms with van der Waals surface area (Å²) in [4.78, 5) is 33.6. The van der Waals surface area contributed by atoms with Gasteiger partial charge in [0.1, 0.15) is 17.7 Å². The van der Waals surface area contributed by atoms with E-state index in [1.807, 2.05) is 31.2 Å². The van der Waals surface area contributed by atoms with E-state index in [4.69, 9.17) is 20.2 Å². The van der Waals surface area contributed by atoms with Gasteiger partial charge in [0.15, 0.2) is 0 Å². The van der Waals surface area contributed by atoms with Crippen molar-refractivity contribution in [3.63, 3.8) is 0 Å². The SMILES string of the molecule is COc1ccc(CCC(N)=O)cc1-c1ccc(N2CCC2)nc1CN1C(=O)O[C@H](c2cc(C)cc(C)c2)[C@@H]1C. The molecule has 2 aliphatic heterocycles. The largest absolute Gasteiger partial charge is 0.496 e. The number of nitrogens with zero attached hydrogens (tertiary/aromatic N) is 3. The van der Waals surface area contributed by atoms with Crippen LogP contribution in [0.5, 0.6) is 5.75 Å². The van der Waals surface area contributed by atoms with Crippen molar-refractivity contribution in [1.29, 1.82) is 0 Å². The third-order valence-electron chi connectivity index (χ3n) is 7.64. The Balaban J connectivity index is 1.51. The van der Waals surface area contributed by atoms with Crippen molar-refractivity contribution in [2.24, 2.45) is 5.73 Å². The van der Waals surface area contributed by atoms with E-state index < -0.39 is 0 Å². The van der Waals surface area contributed by atoms with Crippen LogP contribution in [0.1, 0.15) is 53.8 Å². The number of aryl methyl sites for hydroxylation is 3. The number of amides is 2. The highest BCUT2D eigenvalue weighted by molar-refractivity contribution is 5.77. The van der Waals surface area contributed by atoms with Gasteiger partial charge >= 0.3 is 6.09 Å². The molecular formula is C31H36N4O4. The molecule has 0 radical (unpaired) electrons. The number of ether oxygens (including phenoxy) is 2. The van der Waals surface area contributed by atoms with E-state index >= 15 is 0 Å². The lowest BCUT2D eigenvalue weighted by molar-refractivity contribution is -0.117. The number of carbonyl (C=O) groups excluding carboxylic acids is 2. The standard InChI is InChI=1S/C31H36N4O4/c1-19-14-20(2)16-23(15-19)30-21(3)35(31(37)39-30)18-26-24(8-11-29(33-26)34-12-5-13-34)25-17-22(7-10-28(32)36)6-9-27(25)38-4/h6,8-9,11,14-17,21,30H,5,7,10,12-13,18H2,1-4H3,(H2,32,36)/t21-,30-/m0/s1. The van der Waals surface area contributed by atoms with E-state index in [0.29, 0.717) is 18.7 Å². The zero-order valence-corrected chi connectivity index (χ0v) is 23.1. The summed E-state index contributed by atoms with van der Waals surface area (Å²) in [7, 11) is 1.64. The molecule has 2 aromatic carbocycles. The van der Waals surface area contributed by atoms with Crippen LogP contribution in [0.4, 0.5) is 10.6 Å². The molecule has 0 spiro atoms. The van der Waals surface area contributed by atoms with E-state index in [1.165, 1.54) is 0 Å². The molecule has 3 aromatic rings. The summed E-state index contributed by atoms with van der Waals surface area (Å²) in [5.41, 5.74) is 12.2. The fourth-order valence-electron chi connectivity index (χ4n) is 5.46. The molecule has 1 aromatic heterocycles. The van der Waals surface area contributed by atoms with Crippen LogP contribution >= 0.6 is 0 Å². The lowest BCUT2D eigenvalue weighted by atomic mass is 9.97. The van der Waals surface area contributed by atoms with Crippen LogP contribution in [-0.4, -0.2) is 48.1 Å². The predicted molar refractivity (Wildman–Crippen MR) is 151 cm³/mol. The van der Waals surface area contributed by atoms with Crippen LogP contribution in [-0.2, 0) is 22.5 Å². The highest BCUT2D eigenvalue weighted by Crippen LogP contribution is 2.38. The summed E-state index contributed by atoms with van der Waals surface area (Å²) < 4.78 is 11.6. The number of nitrogens with two attached hydrogens (primary N) is 1. The summed E-state index contributed by atoms with van der Waals surface area (Å²) in [6.45, 7) is 8.36. The predicted octanol–water partition coefficient (Wildman–Crippen LogP) is 5.08. The number of benzene rings is 2. The third kappa shape index (κ3) is 5.55. The van der Waals surface area contributed by atoms with Crippen LogP contribution in [0.2, 0.25) is 0 Å². The fraction of sp³-hybridized carbons (Fsp3) is 0.387. The second-order valence-electron chi connectivity index (χ2n) is 10.6. The Hall–Kier alpha value is -4.07. The number of aromatic nitrogens is 1. The van der Waals surface area contributed by atoms with Crippen LogP contribution in [0.15, 0.2) is 48.5 Å². The zero-order chi connectivity index (χ0) is 27.7. The molecule has 2 N–H and O–H groups in total. The van der Waals surface area contributed by atoms with Gasteiger partial charge in [0.05, 0.1) is 25.4 Å². The minimum Gasteiger partial charge on any atom is -0.496 e. The maximum atomic E-state index is 13.2. The number of anilines is 1. The van der Waals surface area contributed by atoms with E-state index in [1.54, 1.807) is 12.0 Å². The first-order chi connectivity index (χ1) is 18.7. The van der Waals surface area contributed by atoms with Gasteiger partial charge in [-0.1, -0.05) is 35.4 Å². The van der Waals surface area contributed by atoms with E-state index in [0.717, 1.165) is 64.4 Å². The minimum atomic E-state index is -0.357. The summed E-state index contributed by atoms with van der Waals surface area (Å²) >= 11 is 0. The number of primary amides is 1. The molecule has 5 rings (SSSR count). The van der Waals surface area contributed by atoms with Gasteiger partial charge in [0.2, 0.25) is 5.91 Å². The normalized spacial score (nSPS) is 18.6. The Morgan fingerprint density at radius 3 is 2.46 bits per heavy atom. The number of hydrogen-bond donors (Lipinski definition) is 1. The van der Waals surface area contributed by atoms with Gasteiger partial charge in [0.25, 0.3) is 0 Å². The Labute approximate surface area is 229 Å². The number of rotatable bonds is 9. The van der Waals surface area contributed by atoms with Crippen LogP contribution < -0.4 is 15.4 Å². The van der Waals surface area contributed by atoms with Gasteiger partial charge < -0.3 is 20.1 Å². The average molecular weight is 529 g/mol. The quantitative estimate of drug-likeness (QED) is 0.416. The third-order valence-corrected chi connectivity index (χ3v) is 7.64. The lowest BCUT2D eigenvalue weighted by Gasteiger charge is -2.33. The molecule has 2 amide bonds. The van der Waals surface area contributed by atoms with Crippen molar-refractivity contribution in [2.45, 2.75) is 58.7 Å². The van der Waals surface area contributed by atoms with Crippen molar-refractivity contribution < 1.29 is 19.1 Å². The van der Waals surface area contributed by atoms with Crippen molar-refractivity contribution >= 4 is 17.8 Å².